The van der Waals surface area contributed by atoms with E-state index in [1.807, 2.05) is 13.0 Å². The topological polar surface area (TPSA) is 85.8 Å². The molecule has 0 spiro atoms. The van der Waals surface area contributed by atoms with Crippen LogP contribution in [0.5, 0.6) is 0 Å². The second-order valence-corrected chi connectivity index (χ2v) is 4.15. The number of hydrogen-bond acceptors (Lipinski definition) is 4. The third kappa shape index (κ3) is 2.02. The number of rotatable bonds is 2. The number of nitrogens with one attached hydrogen (secondary N) is 1. The standard InChI is InChI=1S/C11H12ClN5O/c1-6-3-4-7(5-8(6)12)17-10(13)9(15-16-17)11(18)14-2/h3-5H,13H2,1-2H3,(H,14,18). The number of nitrogens with two attached hydrogens (primary N) is 1. The van der Waals surface area contributed by atoms with Crippen LogP contribution in [0.4, 0.5) is 5.82 Å². The first-order valence-electron chi connectivity index (χ1n) is 5.24. The number of nitrogen functional groups attached to an aromatic ring is 1. The van der Waals surface area contributed by atoms with Crippen LogP contribution in [0.1, 0.15) is 16.1 Å². The zero-order valence-corrected chi connectivity index (χ0v) is 10.7. The van der Waals surface area contributed by atoms with E-state index in [-0.39, 0.29) is 17.4 Å². The molecule has 1 heterocycles. The number of halogens is 1. The fourth-order valence-electron chi connectivity index (χ4n) is 1.47. The monoisotopic (exact) mass is 265 g/mol. The van der Waals surface area contributed by atoms with Gasteiger partial charge in [-0.25, -0.2) is 0 Å². The van der Waals surface area contributed by atoms with E-state index in [0.29, 0.717) is 10.7 Å². The Hall–Kier alpha value is -2.08. The Kier molecular flexibility index (Phi) is 3.20. The Morgan fingerprint density at radius 2 is 2.22 bits per heavy atom. The highest BCUT2D eigenvalue weighted by Gasteiger charge is 2.17. The lowest BCUT2D eigenvalue weighted by Gasteiger charge is -2.05. The summed E-state index contributed by atoms with van der Waals surface area (Å²) >= 11 is 6.03. The molecule has 0 fully saturated rings. The summed E-state index contributed by atoms with van der Waals surface area (Å²) in [5.74, 6) is -0.203. The first kappa shape index (κ1) is 12.4. The van der Waals surface area contributed by atoms with Crippen molar-refractivity contribution in [1.82, 2.24) is 20.3 Å². The molecule has 0 aliphatic carbocycles. The highest BCUT2D eigenvalue weighted by Crippen LogP contribution is 2.21. The third-order valence-electron chi connectivity index (χ3n) is 2.55. The average Bonchev–Trinajstić information content (AvgIpc) is 2.74. The Bertz CT molecular complexity index is 607. The van der Waals surface area contributed by atoms with Crippen LogP contribution < -0.4 is 11.1 Å². The van der Waals surface area contributed by atoms with Gasteiger partial charge in [0.25, 0.3) is 5.91 Å². The number of nitrogens with zero attached hydrogens (tertiary/aromatic N) is 3. The lowest BCUT2D eigenvalue weighted by molar-refractivity contribution is 0.0959. The minimum atomic E-state index is -0.378. The van der Waals surface area contributed by atoms with Crippen molar-refractivity contribution in [1.29, 1.82) is 0 Å². The Labute approximate surface area is 109 Å². The summed E-state index contributed by atoms with van der Waals surface area (Å²) in [6.07, 6.45) is 0. The fraction of sp³-hybridized carbons (Fsp3) is 0.182. The van der Waals surface area contributed by atoms with Crippen molar-refractivity contribution in [3.63, 3.8) is 0 Å². The van der Waals surface area contributed by atoms with Crippen LogP contribution in [0.2, 0.25) is 5.02 Å². The van der Waals surface area contributed by atoms with Gasteiger partial charge in [-0.3, -0.25) is 4.79 Å². The van der Waals surface area contributed by atoms with Gasteiger partial charge in [0.05, 0.1) is 5.69 Å². The number of carbonyl (C=O) groups is 1. The van der Waals surface area contributed by atoms with Crippen LogP contribution in [-0.2, 0) is 0 Å². The van der Waals surface area contributed by atoms with E-state index in [1.165, 1.54) is 11.7 Å². The molecule has 0 atom stereocenters. The van der Waals surface area contributed by atoms with Crippen molar-refractivity contribution in [2.45, 2.75) is 6.92 Å². The molecule has 2 aromatic rings. The number of benzene rings is 1. The van der Waals surface area contributed by atoms with Gasteiger partial charge >= 0.3 is 0 Å². The van der Waals surface area contributed by atoms with Gasteiger partial charge in [-0.15, -0.1) is 5.10 Å². The van der Waals surface area contributed by atoms with Gasteiger partial charge in [-0.2, -0.15) is 4.68 Å². The lowest BCUT2D eigenvalue weighted by atomic mass is 10.2. The van der Waals surface area contributed by atoms with E-state index in [0.717, 1.165) is 5.56 Å². The number of hydrogen-bond donors (Lipinski definition) is 2. The molecular formula is C11H12ClN5O. The maximum absolute atomic E-state index is 11.5. The van der Waals surface area contributed by atoms with E-state index >= 15 is 0 Å². The van der Waals surface area contributed by atoms with E-state index in [1.54, 1.807) is 12.1 Å². The maximum Gasteiger partial charge on any atom is 0.275 e. The molecule has 2 rings (SSSR count). The Balaban J connectivity index is 2.48. The summed E-state index contributed by atoms with van der Waals surface area (Å²) in [6, 6.07) is 5.37. The fourth-order valence-corrected chi connectivity index (χ4v) is 1.65. The van der Waals surface area contributed by atoms with Gasteiger partial charge in [-0.1, -0.05) is 22.9 Å². The molecule has 0 saturated carbocycles. The van der Waals surface area contributed by atoms with E-state index in [4.69, 9.17) is 17.3 Å². The van der Waals surface area contributed by atoms with Crippen molar-refractivity contribution < 1.29 is 4.79 Å². The largest absolute Gasteiger partial charge is 0.382 e. The minimum absolute atomic E-state index is 0.0918. The SMILES string of the molecule is CNC(=O)c1nnn(-c2ccc(C)c(Cl)c2)c1N. The van der Waals surface area contributed by atoms with Gasteiger partial charge in [0, 0.05) is 12.1 Å². The highest BCUT2D eigenvalue weighted by molar-refractivity contribution is 6.31. The molecule has 7 heteroatoms. The van der Waals surface area contributed by atoms with Crippen LogP contribution in [-0.4, -0.2) is 27.9 Å². The molecule has 0 radical (unpaired) electrons. The molecule has 0 aliphatic rings. The minimum Gasteiger partial charge on any atom is -0.382 e. The molecule has 0 saturated heterocycles. The van der Waals surface area contributed by atoms with Crippen molar-refractivity contribution >= 4 is 23.3 Å². The molecular weight excluding hydrogens is 254 g/mol. The van der Waals surface area contributed by atoms with Crippen molar-refractivity contribution in [2.24, 2.45) is 0 Å². The lowest BCUT2D eigenvalue weighted by Crippen LogP contribution is -2.20. The molecule has 1 aromatic carbocycles. The molecule has 6 nitrogen and oxygen atoms in total. The molecule has 1 aromatic heterocycles. The van der Waals surface area contributed by atoms with Gasteiger partial charge in [0.2, 0.25) is 0 Å². The molecule has 0 aliphatic heterocycles. The van der Waals surface area contributed by atoms with Crippen molar-refractivity contribution in [3.05, 3.63) is 34.5 Å². The second-order valence-electron chi connectivity index (χ2n) is 3.75. The number of aromatic nitrogens is 3. The Morgan fingerprint density at radius 1 is 1.50 bits per heavy atom. The van der Waals surface area contributed by atoms with Crippen molar-refractivity contribution in [2.75, 3.05) is 12.8 Å². The first-order chi connectivity index (χ1) is 8.54. The van der Waals surface area contributed by atoms with Crippen LogP contribution in [0.15, 0.2) is 18.2 Å². The van der Waals surface area contributed by atoms with E-state index in [2.05, 4.69) is 15.6 Å². The molecule has 18 heavy (non-hydrogen) atoms. The summed E-state index contributed by atoms with van der Waals surface area (Å²) < 4.78 is 1.37. The second kappa shape index (κ2) is 4.66. The number of aryl methyl sites for hydroxylation is 1. The van der Waals surface area contributed by atoms with Gasteiger partial charge in [0.1, 0.15) is 0 Å². The molecule has 94 valence electrons. The summed E-state index contributed by atoms with van der Waals surface area (Å²) in [4.78, 5) is 11.5. The van der Waals surface area contributed by atoms with Gasteiger partial charge in [0.15, 0.2) is 11.5 Å². The van der Waals surface area contributed by atoms with Crippen LogP contribution >= 0.6 is 11.6 Å². The molecule has 3 N–H and O–H groups in total. The summed E-state index contributed by atoms with van der Waals surface area (Å²) in [5.41, 5.74) is 7.53. The quantitative estimate of drug-likeness (QED) is 0.853. The third-order valence-corrected chi connectivity index (χ3v) is 2.95. The zero-order chi connectivity index (χ0) is 13.3. The molecule has 1 amide bonds. The molecule has 0 bridgehead atoms. The van der Waals surface area contributed by atoms with Crippen molar-refractivity contribution in [3.8, 4) is 5.69 Å². The predicted molar refractivity (Wildman–Crippen MR) is 68.9 cm³/mol. The summed E-state index contributed by atoms with van der Waals surface area (Å²) in [7, 11) is 1.50. The van der Waals surface area contributed by atoms with E-state index in [9.17, 15) is 4.79 Å². The van der Waals surface area contributed by atoms with E-state index < -0.39 is 0 Å². The van der Waals surface area contributed by atoms with Crippen LogP contribution in [0.25, 0.3) is 5.69 Å². The average molecular weight is 266 g/mol. The normalized spacial score (nSPS) is 10.4. The number of amides is 1. The molecule has 0 unspecified atom stereocenters. The summed E-state index contributed by atoms with van der Waals surface area (Å²) in [6.45, 7) is 1.90. The summed E-state index contributed by atoms with van der Waals surface area (Å²) in [5, 5.41) is 10.6. The highest BCUT2D eigenvalue weighted by atomic mass is 35.5. The predicted octanol–water partition coefficient (Wildman–Crippen LogP) is 1.17. The number of carbonyl (C=O) groups excluding carboxylic acids is 1. The van der Waals surface area contributed by atoms with Gasteiger partial charge < -0.3 is 11.1 Å². The Morgan fingerprint density at radius 3 is 2.83 bits per heavy atom. The van der Waals surface area contributed by atoms with Crippen LogP contribution in [0, 0.1) is 6.92 Å². The zero-order valence-electron chi connectivity index (χ0n) is 9.94. The number of anilines is 1. The first-order valence-corrected chi connectivity index (χ1v) is 5.62. The maximum atomic E-state index is 11.5. The smallest absolute Gasteiger partial charge is 0.275 e. The van der Waals surface area contributed by atoms with Gasteiger partial charge in [-0.05, 0) is 24.6 Å². The van der Waals surface area contributed by atoms with Crippen LogP contribution in [0.3, 0.4) is 0 Å².